The second-order valence-electron chi connectivity index (χ2n) is 7.49. The zero-order valence-electron chi connectivity index (χ0n) is 16.0. The lowest BCUT2D eigenvalue weighted by Crippen LogP contribution is -2.10. The Kier molecular flexibility index (Phi) is 3.71. The number of aromatic nitrogens is 2. The van der Waals surface area contributed by atoms with Crippen LogP contribution in [0.25, 0.3) is 43.6 Å². The predicted molar refractivity (Wildman–Crippen MR) is 117 cm³/mol. The van der Waals surface area contributed by atoms with Gasteiger partial charge < -0.3 is 9.97 Å². The van der Waals surface area contributed by atoms with Crippen LogP contribution in [0, 0.1) is 13.8 Å². The van der Waals surface area contributed by atoms with Crippen LogP contribution in [0.3, 0.4) is 0 Å². The molecule has 0 fully saturated rings. The van der Waals surface area contributed by atoms with E-state index in [2.05, 4.69) is 9.97 Å². The average Bonchev–Trinajstić information content (AvgIpc) is 2.68. The second kappa shape index (κ2) is 6.01. The second-order valence-corrected chi connectivity index (χ2v) is 8.88. The summed E-state index contributed by atoms with van der Waals surface area (Å²) in [4.78, 5) is 32.2. The van der Waals surface area contributed by atoms with Crippen molar-refractivity contribution in [1.82, 2.24) is 9.97 Å². The van der Waals surface area contributed by atoms with E-state index in [1.807, 2.05) is 19.1 Å². The number of rotatable bonds is 1. The highest BCUT2D eigenvalue weighted by atomic mass is 32.2. The van der Waals surface area contributed by atoms with Crippen molar-refractivity contribution in [2.75, 3.05) is 0 Å². The number of benzene rings is 3. The smallest absolute Gasteiger partial charge is 0.294 e. The fourth-order valence-electron chi connectivity index (χ4n) is 4.03. The van der Waals surface area contributed by atoms with E-state index >= 15 is 0 Å². The van der Waals surface area contributed by atoms with E-state index < -0.39 is 10.1 Å². The maximum atomic E-state index is 13.1. The quantitative estimate of drug-likeness (QED) is 0.283. The topological polar surface area (TPSA) is 120 Å². The van der Waals surface area contributed by atoms with Crippen molar-refractivity contribution in [2.45, 2.75) is 18.7 Å². The van der Waals surface area contributed by atoms with Crippen molar-refractivity contribution in [3.8, 4) is 0 Å². The number of hydrogen-bond donors (Lipinski definition) is 3. The van der Waals surface area contributed by atoms with Crippen molar-refractivity contribution < 1.29 is 13.0 Å². The predicted octanol–water partition coefficient (Wildman–Crippen LogP) is 3.54. The summed E-state index contributed by atoms with van der Waals surface area (Å²) in [6.07, 6.45) is 0. The summed E-state index contributed by atoms with van der Waals surface area (Å²) in [6, 6.07) is 11.4. The number of pyridine rings is 2. The van der Waals surface area contributed by atoms with Gasteiger partial charge in [-0.05, 0) is 55.3 Å². The number of hydrogen-bond acceptors (Lipinski definition) is 4. The maximum Gasteiger partial charge on any atom is 0.294 e. The van der Waals surface area contributed by atoms with Crippen LogP contribution in [0.15, 0.2) is 56.9 Å². The molecule has 7 nitrogen and oxygen atoms in total. The molecule has 3 aromatic carbocycles. The number of H-pyrrole nitrogens is 2. The summed E-state index contributed by atoms with van der Waals surface area (Å²) >= 11 is 0. The van der Waals surface area contributed by atoms with Crippen LogP contribution in [0.1, 0.15) is 11.1 Å². The van der Waals surface area contributed by atoms with Crippen molar-refractivity contribution in [3.63, 3.8) is 0 Å². The van der Waals surface area contributed by atoms with E-state index in [1.165, 1.54) is 19.1 Å². The first-order valence-corrected chi connectivity index (χ1v) is 10.6. The van der Waals surface area contributed by atoms with Crippen LogP contribution in [0.5, 0.6) is 0 Å². The first-order chi connectivity index (χ1) is 14.1. The molecule has 150 valence electrons. The summed E-state index contributed by atoms with van der Waals surface area (Å²) < 4.78 is 32.7. The largest absolute Gasteiger partial charge is 0.354 e. The number of nitrogens with one attached hydrogen (secondary N) is 2. The monoisotopic (exact) mass is 420 g/mol. The van der Waals surface area contributed by atoms with Crippen molar-refractivity contribution in [3.05, 3.63) is 74.0 Å². The molecule has 0 bridgehead atoms. The molecule has 30 heavy (non-hydrogen) atoms. The number of aromatic amines is 2. The fraction of sp³-hybridized carbons (Fsp3) is 0.0909. The number of fused-ring (bicyclic) bond motifs is 4. The lowest BCUT2D eigenvalue weighted by Gasteiger charge is -2.09. The standard InChI is InChI=1S/C22H16N2O5S/c1-10-4-3-5-12-20(10)24-17-8-14-16(7-15(17)21(12)25)23-18-9-19(30(27,28)29)11(2)6-13(18)22(14)26/h3-9H,1-2H3,(H,23,26)(H,24,25)(H,27,28,29). The Hall–Kier alpha value is -3.49. The SMILES string of the molecule is Cc1cc2c(=O)c3cc4[nH]c5c(C)cccc5c(=O)c4cc3[nH]c2cc1S(=O)(=O)O. The number of aryl methyl sites for hydroxylation is 2. The average molecular weight is 420 g/mol. The van der Waals surface area contributed by atoms with Gasteiger partial charge in [-0.15, -0.1) is 0 Å². The third kappa shape index (κ3) is 2.58. The third-order valence-electron chi connectivity index (χ3n) is 5.53. The van der Waals surface area contributed by atoms with Gasteiger partial charge >= 0.3 is 0 Å². The van der Waals surface area contributed by atoms with E-state index in [4.69, 9.17) is 0 Å². The molecule has 0 aliphatic heterocycles. The van der Waals surface area contributed by atoms with E-state index in [-0.39, 0.29) is 26.8 Å². The van der Waals surface area contributed by atoms with E-state index in [9.17, 15) is 22.6 Å². The molecular weight excluding hydrogens is 404 g/mol. The van der Waals surface area contributed by atoms with E-state index in [0.717, 1.165) is 11.1 Å². The molecule has 0 unspecified atom stereocenters. The van der Waals surface area contributed by atoms with Gasteiger partial charge in [0.15, 0.2) is 10.9 Å². The maximum absolute atomic E-state index is 13.1. The van der Waals surface area contributed by atoms with Crippen molar-refractivity contribution >= 4 is 53.7 Å². The minimum atomic E-state index is -4.44. The van der Waals surface area contributed by atoms with Gasteiger partial charge in [0.1, 0.15) is 0 Å². The highest BCUT2D eigenvalue weighted by Crippen LogP contribution is 2.25. The van der Waals surface area contributed by atoms with Crippen LogP contribution in [-0.2, 0) is 10.1 Å². The summed E-state index contributed by atoms with van der Waals surface area (Å²) in [5, 5.41) is 1.63. The Morgan fingerprint density at radius 3 is 1.97 bits per heavy atom. The lowest BCUT2D eigenvalue weighted by molar-refractivity contribution is 0.482. The number of para-hydroxylation sites is 1. The molecule has 0 atom stereocenters. The molecule has 0 saturated carbocycles. The normalized spacial score (nSPS) is 12.4. The zero-order chi connectivity index (χ0) is 21.4. The lowest BCUT2D eigenvalue weighted by atomic mass is 10.0. The molecule has 2 aromatic heterocycles. The highest BCUT2D eigenvalue weighted by molar-refractivity contribution is 7.85. The van der Waals surface area contributed by atoms with Crippen LogP contribution < -0.4 is 10.9 Å². The van der Waals surface area contributed by atoms with Crippen molar-refractivity contribution in [2.24, 2.45) is 0 Å². The van der Waals surface area contributed by atoms with Gasteiger partial charge in [-0.25, -0.2) is 0 Å². The summed E-state index contributed by atoms with van der Waals surface area (Å²) in [7, 11) is -4.44. The Bertz CT molecular complexity index is 1780. The van der Waals surface area contributed by atoms with Gasteiger partial charge in [-0.2, -0.15) is 8.42 Å². The first-order valence-electron chi connectivity index (χ1n) is 9.18. The molecule has 2 heterocycles. The Morgan fingerprint density at radius 1 is 0.733 bits per heavy atom. The van der Waals surface area contributed by atoms with Gasteiger partial charge in [-0.1, -0.05) is 12.1 Å². The van der Waals surface area contributed by atoms with E-state index in [1.54, 1.807) is 18.2 Å². The molecule has 8 heteroatoms. The highest BCUT2D eigenvalue weighted by Gasteiger charge is 2.17. The molecule has 0 aliphatic rings. The van der Waals surface area contributed by atoms with E-state index in [0.29, 0.717) is 32.6 Å². The zero-order valence-corrected chi connectivity index (χ0v) is 16.8. The minimum Gasteiger partial charge on any atom is -0.354 e. The van der Waals surface area contributed by atoms with Gasteiger partial charge in [-0.3, -0.25) is 14.1 Å². The van der Waals surface area contributed by atoms with Crippen LogP contribution in [0.4, 0.5) is 0 Å². The molecular formula is C22H16N2O5S. The van der Waals surface area contributed by atoms with Gasteiger partial charge in [0, 0.05) is 21.5 Å². The Labute approximate surface area is 169 Å². The van der Waals surface area contributed by atoms with Gasteiger partial charge in [0.05, 0.1) is 27.0 Å². The van der Waals surface area contributed by atoms with Gasteiger partial charge in [0.2, 0.25) is 0 Å². The Balaban J connectivity index is 1.96. The molecule has 0 amide bonds. The molecule has 0 spiro atoms. The summed E-state index contributed by atoms with van der Waals surface area (Å²) in [5.41, 5.74) is 2.67. The molecule has 5 rings (SSSR count). The third-order valence-corrected chi connectivity index (χ3v) is 6.53. The van der Waals surface area contributed by atoms with Crippen LogP contribution in [-0.4, -0.2) is 22.9 Å². The van der Waals surface area contributed by atoms with Crippen LogP contribution >= 0.6 is 0 Å². The fourth-order valence-corrected chi connectivity index (χ4v) is 4.76. The molecule has 0 saturated heterocycles. The Morgan fingerprint density at radius 2 is 1.30 bits per heavy atom. The first kappa shape index (κ1) is 18.5. The molecule has 5 aromatic rings. The molecule has 0 radical (unpaired) electrons. The van der Waals surface area contributed by atoms with Crippen LogP contribution in [0.2, 0.25) is 0 Å². The molecule has 3 N–H and O–H groups in total. The summed E-state index contributed by atoms with van der Waals surface area (Å²) in [6.45, 7) is 3.42. The summed E-state index contributed by atoms with van der Waals surface area (Å²) in [5.74, 6) is 0. The van der Waals surface area contributed by atoms with Crippen molar-refractivity contribution in [1.29, 1.82) is 0 Å². The minimum absolute atomic E-state index is 0.159. The molecule has 0 aliphatic carbocycles. The van der Waals surface area contributed by atoms with Gasteiger partial charge in [0.25, 0.3) is 10.1 Å².